The molecule has 4 rings (SSSR count). The van der Waals surface area contributed by atoms with Crippen molar-refractivity contribution in [3.8, 4) is 0 Å². The summed E-state index contributed by atoms with van der Waals surface area (Å²) in [6.07, 6.45) is 4.10. The lowest BCUT2D eigenvalue weighted by Crippen LogP contribution is -2.39. The van der Waals surface area contributed by atoms with Crippen LogP contribution in [-0.4, -0.2) is 32.3 Å². The Labute approximate surface area is 164 Å². The maximum absolute atomic E-state index is 13.9. The van der Waals surface area contributed by atoms with Gasteiger partial charge in [-0.2, -0.15) is 0 Å². The van der Waals surface area contributed by atoms with Crippen LogP contribution in [0, 0.1) is 12.7 Å². The van der Waals surface area contributed by atoms with Crippen molar-refractivity contribution in [1.29, 1.82) is 0 Å². The van der Waals surface area contributed by atoms with E-state index in [-0.39, 0.29) is 15.5 Å². The van der Waals surface area contributed by atoms with E-state index in [0.717, 1.165) is 30.9 Å². The van der Waals surface area contributed by atoms with Crippen LogP contribution in [0.15, 0.2) is 58.5 Å². The van der Waals surface area contributed by atoms with Crippen LogP contribution in [0.5, 0.6) is 0 Å². The first kappa shape index (κ1) is 18.7. The quantitative estimate of drug-likeness (QED) is 0.717. The lowest BCUT2D eigenvalue weighted by molar-refractivity contribution is -0.127. The van der Waals surface area contributed by atoms with Crippen molar-refractivity contribution in [2.24, 2.45) is 0 Å². The van der Waals surface area contributed by atoms with E-state index in [1.807, 2.05) is 25.1 Å². The average Bonchev–Trinajstić information content (AvgIpc) is 2.68. The van der Waals surface area contributed by atoms with Crippen molar-refractivity contribution in [1.82, 2.24) is 4.90 Å². The fourth-order valence-corrected chi connectivity index (χ4v) is 5.21. The predicted molar refractivity (Wildman–Crippen MR) is 105 cm³/mol. The zero-order chi connectivity index (χ0) is 19.9. The number of carbonyl (C=O) groups excluding carboxylic acids is 1. The van der Waals surface area contributed by atoms with E-state index in [1.54, 1.807) is 15.9 Å². The van der Waals surface area contributed by atoms with Gasteiger partial charge in [0.15, 0.2) is 4.91 Å². The van der Waals surface area contributed by atoms with Gasteiger partial charge in [-0.05, 0) is 62.1 Å². The fraction of sp³-hybridized carbons (Fsp3) is 0.286. The zero-order valence-electron chi connectivity index (χ0n) is 15.6. The SMILES string of the molecule is Cc1cccc(N2C=C(C(=O)N3CCCCC3)S(=O)(=O)c3ccc(F)cc32)c1. The highest BCUT2D eigenvalue weighted by molar-refractivity contribution is 7.96. The minimum absolute atomic E-state index is 0.0572. The number of halogens is 1. The molecule has 0 N–H and O–H groups in total. The number of likely N-dealkylation sites (tertiary alicyclic amines) is 1. The molecule has 1 amide bonds. The molecule has 0 spiro atoms. The Balaban J connectivity index is 1.88. The van der Waals surface area contributed by atoms with E-state index in [4.69, 9.17) is 0 Å². The van der Waals surface area contributed by atoms with Gasteiger partial charge in [-0.25, -0.2) is 12.8 Å². The summed E-state index contributed by atoms with van der Waals surface area (Å²) in [6, 6.07) is 11.0. The van der Waals surface area contributed by atoms with Gasteiger partial charge in [-0.1, -0.05) is 12.1 Å². The highest BCUT2D eigenvalue weighted by atomic mass is 32.2. The molecule has 2 aliphatic rings. The van der Waals surface area contributed by atoms with Crippen molar-refractivity contribution in [3.63, 3.8) is 0 Å². The van der Waals surface area contributed by atoms with E-state index in [0.29, 0.717) is 18.8 Å². The first-order chi connectivity index (χ1) is 13.4. The third kappa shape index (κ3) is 3.20. The third-order valence-electron chi connectivity index (χ3n) is 5.14. The van der Waals surface area contributed by atoms with Gasteiger partial charge >= 0.3 is 0 Å². The highest BCUT2D eigenvalue weighted by Gasteiger charge is 2.38. The fourth-order valence-electron chi connectivity index (χ4n) is 3.70. The van der Waals surface area contributed by atoms with E-state index in [2.05, 4.69) is 0 Å². The summed E-state index contributed by atoms with van der Waals surface area (Å²) >= 11 is 0. The largest absolute Gasteiger partial charge is 0.338 e. The summed E-state index contributed by atoms with van der Waals surface area (Å²) in [5.74, 6) is -1.03. The molecule has 0 atom stereocenters. The number of aryl methyl sites for hydroxylation is 1. The van der Waals surface area contributed by atoms with Crippen molar-refractivity contribution in [2.75, 3.05) is 18.0 Å². The molecule has 146 valence electrons. The van der Waals surface area contributed by atoms with Crippen molar-refractivity contribution in [3.05, 3.63) is 65.0 Å². The Kier molecular flexibility index (Phi) is 4.71. The van der Waals surface area contributed by atoms with E-state index < -0.39 is 21.6 Å². The van der Waals surface area contributed by atoms with Gasteiger partial charge in [0.25, 0.3) is 5.91 Å². The van der Waals surface area contributed by atoms with Gasteiger partial charge in [0.1, 0.15) is 5.82 Å². The van der Waals surface area contributed by atoms with Crippen LogP contribution in [0.4, 0.5) is 15.8 Å². The van der Waals surface area contributed by atoms with Crippen molar-refractivity contribution < 1.29 is 17.6 Å². The van der Waals surface area contributed by atoms with Crippen LogP contribution in [-0.2, 0) is 14.6 Å². The number of sulfone groups is 1. The van der Waals surface area contributed by atoms with Crippen LogP contribution in [0.25, 0.3) is 0 Å². The second kappa shape index (κ2) is 7.05. The van der Waals surface area contributed by atoms with Gasteiger partial charge in [-0.15, -0.1) is 0 Å². The standard InChI is InChI=1S/C21H21FN2O3S/c1-15-6-5-7-17(12-15)24-14-20(21(25)23-10-3-2-4-11-23)28(26,27)19-9-8-16(22)13-18(19)24/h5-9,12-14H,2-4,10-11H2,1H3. The van der Waals surface area contributed by atoms with Crippen LogP contribution in [0.3, 0.4) is 0 Å². The molecule has 2 aliphatic heterocycles. The number of benzene rings is 2. The molecule has 0 radical (unpaired) electrons. The van der Waals surface area contributed by atoms with Crippen molar-refractivity contribution >= 4 is 27.1 Å². The summed E-state index contributed by atoms with van der Waals surface area (Å²) in [5.41, 5.74) is 1.85. The molecule has 0 unspecified atom stereocenters. The van der Waals surface area contributed by atoms with Gasteiger partial charge in [0.2, 0.25) is 9.84 Å². The Hall–Kier alpha value is -2.67. The molecule has 2 heterocycles. The molecule has 7 heteroatoms. The number of hydrogen-bond donors (Lipinski definition) is 0. The van der Waals surface area contributed by atoms with Crippen LogP contribution < -0.4 is 4.90 Å². The second-order valence-corrected chi connectivity index (χ2v) is 9.06. The summed E-state index contributed by atoms with van der Waals surface area (Å²) < 4.78 is 40.3. The first-order valence-corrected chi connectivity index (χ1v) is 10.8. The number of anilines is 2. The van der Waals surface area contributed by atoms with Crippen LogP contribution in [0.1, 0.15) is 24.8 Å². The monoisotopic (exact) mass is 400 g/mol. The summed E-state index contributed by atoms with van der Waals surface area (Å²) in [7, 11) is -4.04. The highest BCUT2D eigenvalue weighted by Crippen LogP contribution is 2.40. The second-order valence-electron chi connectivity index (χ2n) is 7.17. The van der Waals surface area contributed by atoms with Gasteiger partial charge in [0, 0.05) is 25.0 Å². The molecule has 0 aromatic heterocycles. The summed E-state index contributed by atoms with van der Waals surface area (Å²) in [5, 5.41) is 0. The number of rotatable bonds is 2. The molecule has 1 saturated heterocycles. The Morgan fingerprint density at radius 2 is 1.79 bits per heavy atom. The Morgan fingerprint density at radius 1 is 1.04 bits per heavy atom. The maximum atomic E-state index is 13.9. The summed E-state index contributed by atoms with van der Waals surface area (Å²) in [6.45, 7) is 3.01. The van der Waals surface area contributed by atoms with Crippen molar-refractivity contribution in [2.45, 2.75) is 31.1 Å². The summed E-state index contributed by atoms with van der Waals surface area (Å²) in [4.78, 5) is 15.9. The molecule has 0 aliphatic carbocycles. The smallest absolute Gasteiger partial charge is 0.267 e. The van der Waals surface area contributed by atoms with E-state index in [9.17, 15) is 17.6 Å². The molecule has 0 bridgehead atoms. The van der Waals surface area contributed by atoms with Gasteiger partial charge in [0.05, 0.1) is 10.6 Å². The predicted octanol–water partition coefficient (Wildman–Crippen LogP) is 3.91. The molecule has 2 aromatic rings. The lowest BCUT2D eigenvalue weighted by atomic mass is 10.1. The van der Waals surface area contributed by atoms with E-state index in [1.165, 1.54) is 18.3 Å². The Morgan fingerprint density at radius 3 is 2.50 bits per heavy atom. The van der Waals surface area contributed by atoms with Crippen LogP contribution >= 0.6 is 0 Å². The average molecular weight is 400 g/mol. The van der Waals surface area contributed by atoms with Gasteiger partial charge < -0.3 is 9.80 Å². The van der Waals surface area contributed by atoms with Gasteiger partial charge in [-0.3, -0.25) is 4.79 Å². The molecular formula is C21H21FN2O3S. The first-order valence-electron chi connectivity index (χ1n) is 9.29. The minimum atomic E-state index is -4.04. The topological polar surface area (TPSA) is 57.7 Å². The third-order valence-corrected chi connectivity index (χ3v) is 6.92. The van der Waals surface area contributed by atoms with Crippen LogP contribution in [0.2, 0.25) is 0 Å². The zero-order valence-corrected chi connectivity index (χ0v) is 16.4. The normalized spacial score (nSPS) is 18.4. The molecular weight excluding hydrogens is 379 g/mol. The molecule has 28 heavy (non-hydrogen) atoms. The molecule has 5 nitrogen and oxygen atoms in total. The molecule has 2 aromatic carbocycles. The molecule has 0 saturated carbocycles. The maximum Gasteiger partial charge on any atom is 0.267 e. The number of piperidine rings is 1. The molecule has 1 fully saturated rings. The number of nitrogens with zero attached hydrogens (tertiary/aromatic N) is 2. The number of hydrogen-bond acceptors (Lipinski definition) is 4. The number of amides is 1. The lowest BCUT2D eigenvalue weighted by Gasteiger charge is -2.32. The Bertz CT molecular complexity index is 1070. The number of carbonyl (C=O) groups is 1. The number of fused-ring (bicyclic) bond motifs is 1. The minimum Gasteiger partial charge on any atom is -0.338 e. The van der Waals surface area contributed by atoms with E-state index >= 15 is 0 Å².